The molecule has 0 radical (unpaired) electrons. The van der Waals surface area contributed by atoms with E-state index in [9.17, 15) is 0 Å². The number of hydrogen-bond donors (Lipinski definition) is 0. The van der Waals surface area contributed by atoms with Crippen LogP contribution in [0.3, 0.4) is 0 Å². The topological polar surface area (TPSA) is 50.1 Å². The number of hydrogen-bond acceptors (Lipinski definition) is 5. The first-order chi connectivity index (χ1) is 14.2. The number of aromatic nitrogens is 4. The second-order valence-electron chi connectivity index (χ2n) is 9.12. The van der Waals surface area contributed by atoms with E-state index >= 15 is 0 Å². The van der Waals surface area contributed by atoms with E-state index in [1.54, 1.807) is 0 Å². The Balaban J connectivity index is 0.00000218. The molecule has 0 aliphatic carbocycles. The molecule has 2 aromatic rings. The van der Waals surface area contributed by atoms with E-state index in [1.165, 1.54) is 66.7 Å². The molecular formula is C23H35ClN6. The number of nitrogens with zero attached hydrogens (tertiary/aromatic N) is 6. The van der Waals surface area contributed by atoms with Crippen LogP contribution in [0.4, 0.5) is 5.95 Å². The van der Waals surface area contributed by atoms with Gasteiger partial charge in [0.15, 0.2) is 0 Å². The van der Waals surface area contributed by atoms with Crippen molar-refractivity contribution in [3.05, 3.63) is 34.4 Å². The van der Waals surface area contributed by atoms with Crippen LogP contribution in [0, 0.1) is 13.8 Å². The van der Waals surface area contributed by atoms with Crippen molar-refractivity contribution in [3.8, 4) is 0 Å². The number of rotatable bonds is 6. The van der Waals surface area contributed by atoms with E-state index < -0.39 is 0 Å². The summed E-state index contributed by atoms with van der Waals surface area (Å²) in [5.74, 6) is 0.956. The van der Waals surface area contributed by atoms with Crippen LogP contribution in [0.15, 0.2) is 6.20 Å². The van der Waals surface area contributed by atoms with Gasteiger partial charge in [-0.3, -0.25) is 9.58 Å². The minimum absolute atomic E-state index is 0. The predicted molar refractivity (Wildman–Crippen MR) is 122 cm³/mol. The highest BCUT2D eigenvalue weighted by Gasteiger charge is 2.41. The summed E-state index contributed by atoms with van der Waals surface area (Å²) in [6.45, 7) is 10.9. The lowest BCUT2D eigenvalue weighted by atomic mass is 9.98. The molecule has 2 unspecified atom stereocenters. The minimum Gasteiger partial charge on any atom is -0.341 e. The molecule has 3 aliphatic heterocycles. The number of halogens is 1. The van der Waals surface area contributed by atoms with Gasteiger partial charge in [-0.25, -0.2) is 9.97 Å². The van der Waals surface area contributed by atoms with Crippen molar-refractivity contribution in [2.24, 2.45) is 0 Å². The normalized spacial score (nSPS) is 23.0. The van der Waals surface area contributed by atoms with Crippen molar-refractivity contribution in [2.45, 2.75) is 90.9 Å². The summed E-state index contributed by atoms with van der Waals surface area (Å²) in [5.41, 5.74) is 6.65. The average molecular weight is 431 g/mol. The van der Waals surface area contributed by atoms with E-state index in [2.05, 4.69) is 41.4 Å². The van der Waals surface area contributed by atoms with Gasteiger partial charge in [0.2, 0.25) is 5.95 Å². The molecule has 7 heteroatoms. The molecule has 2 aromatic heterocycles. The summed E-state index contributed by atoms with van der Waals surface area (Å²) in [7, 11) is 0. The molecule has 30 heavy (non-hydrogen) atoms. The van der Waals surface area contributed by atoms with Crippen LogP contribution in [0.5, 0.6) is 0 Å². The maximum atomic E-state index is 5.02. The van der Waals surface area contributed by atoms with Crippen LogP contribution in [0.1, 0.15) is 79.7 Å². The molecule has 0 N–H and O–H groups in total. The van der Waals surface area contributed by atoms with Crippen molar-refractivity contribution >= 4 is 18.4 Å². The van der Waals surface area contributed by atoms with Gasteiger partial charge in [-0.05, 0) is 46.0 Å². The van der Waals surface area contributed by atoms with Crippen LogP contribution >= 0.6 is 12.4 Å². The Bertz CT molecular complexity index is 888. The van der Waals surface area contributed by atoms with Gasteiger partial charge in [-0.15, -0.1) is 12.4 Å². The highest BCUT2D eigenvalue weighted by molar-refractivity contribution is 5.85. The largest absolute Gasteiger partial charge is 0.341 e. The Morgan fingerprint density at radius 1 is 1.13 bits per heavy atom. The Morgan fingerprint density at radius 3 is 2.70 bits per heavy atom. The molecule has 0 saturated carbocycles. The van der Waals surface area contributed by atoms with Gasteiger partial charge in [0.1, 0.15) is 0 Å². The third-order valence-corrected chi connectivity index (χ3v) is 7.30. The van der Waals surface area contributed by atoms with Crippen LogP contribution in [-0.4, -0.2) is 43.8 Å². The fourth-order valence-corrected chi connectivity index (χ4v) is 5.55. The minimum atomic E-state index is 0. The fraction of sp³-hybridized carbons (Fsp3) is 0.696. The van der Waals surface area contributed by atoms with Gasteiger partial charge in [0.05, 0.1) is 11.4 Å². The predicted octanol–water partition coefficient (Wildman–Crippen LogP) is 4.37. The molecule has 5 rings (SSSR count). The van der Waals surface area contributed by atoms with Gasteiger partial charge < -0.3 is 4.90 Å². The summed E-state index contributed by atoms with van der Waals surface area (Å²) in [4.78, 5) is 14.9. The second kappa shape index (κ2) is 8.83. The Kier molecular flexibility index (Phi) is 6.35. The van der Waals surface area contributed by atoms with E-state index in [0.717, 1.165) is 38.5 Å². The van der Waals surface area contributed by atoms with E-state index in [1.807, 2.05) is 0 Å². The zero-order valence-corrected chi connectivity index (χ0v) is 19.4. The summed E-state index contributed by atoms with van der Waals surface area (Å²) < 4.78 is 2.22. The van der Waals surface area contributed by atoms with Crippen molar-refractivity contribution in [3.63, 3.8) is 0 Å². The van der Waals surface area contributed by atoms with Crippen LogP contribution in [0.2, 0.25) is 0 Å². The second-order valence-corrected chi connectivity index (χ2v) is 9.12. The molecule has 3 aliphatic rings. The third kappa shape index (κ3) is 3.73. The van der Waals surface area contributed by atoms with Crippen LogP contribution < -0.4 is 4.90 Å². The molecule has 2 bridgehead atoms. The molecule has 0 aromatic carbocycles. The monoisotopic (exact) mass is 430 g/mol. The number of aryl methyl sites for hydroxylation is 2. The zero-order valence-electron chi connectivity index (χ0n) is 18.6. The molecule has 0 spiro atoms. The highest BCUT2D eigenvalue weighted by atomic mass is 35.5. The molecule has 6 nitrogen and oxygen atoms in total. The van der Waals surface area contributed by atoms with Crippen LogP contribution in [0.25, 0.3) is 0 Å². The first-order valence-corrected chi connectivity index (χ1v) is 11.5. The zero-order chi connectivity index (χ0) is 20.0. The van der Waals surface area contributed by atoms with Crippen molar-refractivity contribution in [1.29, 1.82) is 0 Å². The van der Waals surface area contributed by atoms with Crippen molar-refractivity contribution < 1.29 is 0 Å². The number of unbranched alkanes of at least 4 members (excludes halogenated alkanes) is 1. The molecule has 164 valence electrons. The van der Waals surface area contributed by atoms with Gasteiger partial charge in [-0.2, -0.15) is 5.10 Å². The lowest BCUT2D eigenvalue weighted by molar-refractivity contribution is 0.165. The summed E-state index contributed by atoms with van der Waals surface area (Å²) in [5, 5.41) is 4.84. The molecule has 2 atom stereocenters. The molecular weight excluding hydrogens is 396 g/mol. The highest BCUT2D eigenvalue weighted by Crippen LogP contribution is 2.44. The van der Waals surface area contributed by atoms with Crippen molar-refractivity contribution in [2.75, 3.05) is 18.0 Å². The molecule has 0 amide bonds. The van der Waals surface area contributed by atoms with Gasteiger partial charge >= 0.3 is 0 Å². The number of anilines is 1. The van der Waals surface area contributed by atoms with Gasteiger partial charge in [0, 0.05) is 67.7 Å². The van der Waals surface area contributed by atoms with E-state index in [0.29, 0.717) is 12.1 Å². The fourth-order valence-electron chi connectivity index (χ4n) is 5.55. The van der Waals surface area contributed by atoms with Gasteiger partial charge in [0.25, 0.3) is 0 Å². The molecule has 2 fully saturated rings. The first-order valence-electron chi connectivity index (χ1n) is 11.5. The summed E-state index contributed by atoms with van der Waals surface area (Å²) in [6.07, 6.45) is 10.6. The maximum Gasteiger partial charge on any atom is 0.225 e. The average Bonchev–Trinajstić information content (AvgIpc) is 3.41. The quantitative estimate of drug-likeness (QED) is 0.680. The SMILES string of the molecule is CCCCn1nc(C)c(CN2C3CCC2c2cnc(N4CCCC4)nc2C3)c1C.Cl. The van der Waals surface area contributed by atoms with Crippen LogP contribution in [-0.2, 0) is 19.5 Å². The Labute approximate surface area is 186 Å². The third-order valence-electron chi connectivity index (χ3n) is 7.30. The lowest BCUT2D eigenvalue weighted by Crippen LogP contribution is -2.38. The molecule has 5 heterocycles. The maximum absolute atomic E-state index is 5.02. The van der Waals surface area contributed by atoms with E-state index in [4.69, 9.17) is 15.1 Å². The smallest absolute Gasteiger partial charge is 0.225 e. The van der Waals surface area contributed by atoms with Gasteiger partial charge in [-0.1, -0.05) is 13.3 Å². The summed E-state index contributed by atoms with van der Waals surface area (Å²) >= 11 is 0. The standard InChI is InChI=1S/C23H34N6.ClH/c1-4-5-12-29-17(3)20(16(2)26-29)15-28-18-8-9-22(28)19-14-24-23(25-21(19)13-18)27-10-6-7-11-27;/h14,18,22H,4-13,15H2,1-3H3;1H. The first kappa shape index (κ1) is 21.6. The molecule has 2 saturated heterocycles. The van der Waals surface area contributed by atoms with Crippen molar-refractivity contribution in [1.82, 2.24) is 24.6 Å². The Morgan fingerprint density at radius 2 is 1.93 bits per heavy atom. The van der Waals surface area contributed by atoms with E-state index in [-0.39, 0.29) is 12.4 Å². The summed E-state index contributed by atoms with van der Waals surface area (Å²) in [6, 6.07) is 1.07. The Hall–Kier alpha value is -1.66. The lowest BCUT2D eigenvalue weighted by Gasteiger charge is -2.36. The number of fused-ring (bicyclic) bond motifs is 4.